The van der Waals surface area contributed by atoms with Gasteiger partial charge in [0, 0.05) is 30.1 Å². The molecule has 0 saturated carbocycles. The average Bonchev–Trinajstić information content (AvgIpc) is 2.84. The van der Waals surface area contributed by atoms with E-state index in [-0.39, 0.29) is 12.5 Å². The zero-order valence-electron chi connectivity index (χ0n) is 18.6. The summed E-state index contributed by atoms with van der Waals surface area (Å²) in [5.41, 5.74) is 1.19. The molecule has 2 aromatic rings. The van der Waals surface area contributed by atoms with Gasteiger partial charge in [-0.3, -0.25) is 4.79 Å². The molecule has 1 aliphatic heterocycles. The highest BCUT2D eigenvalue weighted by atomic mass is 16.5. The van der Waals surface area contributed by atoms with Gasteiger partial charge in [0.15, 0.2) is 11.5 Å². The topological polar surface area (TPSA) is 89.1 Å². The van der Waals surface area contributed by atoms with E-state index >= 15 is 0 Å². The average molecular weight is 428 g/mol. The molecule has 1 heterocycles. The van der Waals surface area contributed by atoms with Crippen LogP contribution in [0.4, 0.5) is 21.9 Å². The van der Waals surface area contributed by atoms with Gasteiger partial charge in [-0.2, -0.15) is 0 Å². The summed E-state index contributed by atoms with van der Waals surface area (Å²) < 4.78 is 16.4. The van der Waals surface area contributed by atoms with Gasteiger partial charge >= 0.3 is 6.03 Å². The fourth-order valence-electron chi connectivity index (χ4n) is 3.38. The van der Waals surface area contributed by atoms with Gasteiger partial charge in [0.05, 0.1) is 25.3 Å². The van der Waals surface area contributed by atoms with Crippen molar-refractivity contribution < 1.29 is 23.8 Å². The number of nitrogens with one attached hydrogen (secondary N) is 2. The number of benzene rings is 2. The van der Waals surface area contributed by atoms with Crippen LogP contribution in [0.1, 0.15) is 27.2 Å². The first-order chi connectivity index (χ1) is 14.8. The third kappa shape index (κ3) is 4.84. The number of ether oxygens (including phenoxy) is 3. The van der Waals surface area contributed by atoms with E-state index in [1.54, 1.807) is 48.4 Å². The molecule has 8 heteroatoms. The molecule has 0 fully saturated rings. The van der Waals surface area contributed by atoms with Gasteiger partial charge in [-0.05, 0) is 44.5 Å². The predicted octanol–water partition coefficient (Wildman–Crippen LogP) is 4.51. The van der Waals surface area contributed by atoms with Crippen LogP contribution in [-0.2, 0) is 4.79 Å². The van der Waals surface area contributed by atoms with Crippen LogP contribution in [0.2, 0.25) is 0 Å². The smallest absolute Gasteiger partial charge is 0.323 e. The molecule has 0 aliphatic carbocycles. The van der Waals surface area contributed by atoms with Gasteiger partial charge in [0.1, 0.15) is 12.4 Å². The molecule has 0 saturated heterocycles. The fraction of sp³-hybridized carbons (Fsp3) is 0.391. The Morgan fingerprint density at radius 3 is 2.35 bits per heavy atom. The predicted molar refractivity (Wildman–Crippen MR) is 121 cm³/mol. The van der Waals surface area contributed by atoms with Crippen molar-refractivity contribution in [3.63, 3.8) is 0 Å². The summed E-state index contributed by atoms with van der Waals surface area (Å²) in [5.74, 6) is 1.68. The Kier molecular flexibility index (Phi) is 6.58. The Labute approximate surface area is 182 Å². The molecular weight excluding hydrogens is 398 g/mol. The zero-order valence-corrected chi connectivity index (χ0v) is 18.6. The molecule has 0 aromatic heterocycles. The van der Waals surface area contributed by atoms with E-state index in [0.29, 0.717) is 40.9 Å². The summed E-state index contributed by atoms with van der Waals surface area (Å²) in [6.07, 6.45) is 0.828. The van der Waals surface area contributed by atoms with Crippen molar-refractivity contribution in [1.82, 2.24) is 0 Å². The van der Waals surface area contributed by atoms with Crippen LogP contribution in [-0.4, -0.2) is 39.3 Å². The number of urea groups is 1. The van der Waals surface area contributed by atoms with Gasteiger partial charge < -0.3 is 29.7 Å². The summed E-state index contributed by atoms with van der Waals surface area (Å²) in [6.45, 7) is 6.64. The highest BCUT2D eigenvalue weighted by Crippen LogP contribution is 2.38. The van der Waals surface area contributed by atoms with Crippen LogP contribution in [0, 0.1) is 5.41 Å². The van der Waals surface area contributed by atoms with Crippen LogP contribution < -0.4 is 29.7 Å². The van der Waals surface area contributed by atoms with Crippen LogP contribution in [0.5, 0.6) is 17.2 Å². The first-order valence-corrected chi connectivity index (χ1v) is 10.2. The maximum Gasteiger partial charge on any atom is 0.323 e. The molecule has 0 bridgehead atoms. The number of amides is 3. The normalized spacial score (nSPS) is 14.7. The highest BCUT2D eigenvalue weighted by Gasteiger charge is 2.37. The maximum absolute atomic E-state index is 12.9. The van der Waals surface area contributed by atoms with Crippen molar-refractivity contribution in [2.45, 2.75) is 27.2 Å². The maximum atomic E-state index is 12.9. The van der Waals surface area contributed by atoms with Crippen molar-refractivity contribution >= 4 is 29.0 Å². The summed E-state index contributed by atoms with van der Waals surface area (Å²) in [5, 5.41) is 5.57. The van der Waals surface area contributed by atoms with E-state index in [9.17, 15) is 9.59 Å². The first kappa shape index (κ1) is 22.3. The summed E-state index contributed by atoms with van der Waals surface area (Å²) in [7, 11) is 3.08. The zero-order chi connectivity index (χ0) is 22.6. The number of nitrogens with zero attached hydrogens (tertiary/aromatic N) is 1. The number of hydrogen-bond donors (Lipinski definition) is 2. The number of rotatable bonds is 6. The van der Waals surface area contributed by atoms with Gasteiger partial charge in [-0.1, -0.05) is 6.92 Å². The third-order valence-corrected chi connectivity index (χ3v) is 5.01. The van der Waals surface area contributed by atoms with E-state index in [4.69, 9.17) is 14.2 Å². The van der Waals surface area contributed by atoms with Crippen molar-refractivity contribution in [2.24, 2.45) is 5.41 Å². The molecule has 1 aliphatic rings. The van der Waals surface area contributed by atoms with Gasteiger partial charge in [-0.25, -0.2) is 4.79 Å². The lowest BCUT2D eigenvalue weighted by molar-refractivity contribution is -0.127. The van der Waals surface area contributed by atoms with Crippen molar-refractivity contribution in [3.05, 3.63) is 36.4 Å². The molecule has 0 spiro atoms. The number of carbonyl (C=O) groups excluding carboxylic acids is 2. The second-order valence-corrected chi connectivity index (χ2v) is 7.96. The quantitative estimate of drug-likeness (QED) is 0.708. The summed E-state index contributed by atoms with van der Waals surface area (Å²) in [6, 6.07) is 9.99. The summed E-state index contributed by atoms with van der Waals surface area (Å²) >= 11 is 0. The van der Waals surface area contributed by atoms with E-state index < -0.39 is 11.4 Å². The number of methoxy groups -OCH3 is 2. The Morgan fingerprint density at radius 1 is 1.06 bits per heavy atom. The van der Waals surface area contributed by atoms with E-state index in [2.05, 4.69) is 10.6 Å². The Balaban J connectivity index is 1.77. The number of hydrogen-bond acceptors (Lipinski definition) is 5. The molecule has 0 radical (unpaired) electrons. The first-order valence-electron chi connectivity index (χ1n) is 10.2. The highest BCUT2D eigenvalue weighted by molar-refractivity contribution is 6.02. The van der Waals surface area contributed by atoms with Crippen LogP contribution >= 0.6 is 0 Å². The van der Waals surface area contributed by atoms with Gasteiger partial charge in [0.25, 0.3) is 0 Å². The molecule has 3 amide bonds. The molecular formula is C23H29N3O5. The Hall–Kier alpha value is -3.42. The molecule has 2 N–H and O–H groups in total. The van der Waals surface area contributed by atoms with Crippen LogP contribution in [0.25, 0.3) is 0 Å². The lowest BCUT2D eigenvalue weighted by Gasteiger charge is -2.27. The van der Waals surface area contributed by atoms with Crippen LogP contribution in [0.15, 0.2) is 36.4 Å². The second-order valence-electron chi connectivity index (χ2n) is 7.96. The monoisotopic (exact) mass is 427 g/mol. The molecule has 0 unspecified atom stereocenters. The summed E-state index contributed by atoms with van der Waals surface area (Å²) in [4.78, 5) is 27.2. The second kappa shape index (κ2) is 9.16. The van der Waals surface area contributed by atoms with E-state index in [1.807, 2.05) is 20.8 Å². The third-order valence-electron chi connectivity index (χ3n) is 5.01. The lowest BCUT2D eigenvalue weighted by Crippen LogP contribution is -2.42. The molecule has 166 valence electrons. The minimum atomic E-state index is -0.632. The Bertz CT molecular complexity index is 974. The fourth-order valence-corrected chi connectivity index (χ4v) is 3.38. The van der Waals surface area contributed by atoms with Crippen molar-refractivity contribution in [2.75, 3.05) is 42.9 Å². The number of anilines is 3. The Morgan fingerprint density at radius 2 is 1.71 bits per heavy atom. The molecule has 2 aromatic carbocycles. The SMILES string of the molecule is CCCN1C(=O)C(C)(C)COc2cc(NC(=O)Nc3ccc(OC)c(OC)c3)ccc21. The molecule has 8 nitrogen and oxygen atoms in total. The molecule has 31 heavy (non-hydrogen) atoms. The molecule has 0 atom stereocenters. The lowest BCUT2D eigenvalue weighted by atomic mass is 9.93. The largest absolute Gasteiger partial charge is 0.493 e. The molecule has 3 rings (SSSR count). The van der Waals surface area contributed by atoms with Crippen LogP contribution in [0.3, 0.4) is 0 Å². The van der Waals surface area contributed by atoms with Crippen molar-refractivity contribution in [3.8, 4) is 17.2 Å². The van der Waals surface area contributed by atoms with Gasteiger partial charge in [-0.15, -0.1) is 0 Å². The van der Waals surface area contributed by atoms with Crippen molar-refractivity contribution in [1.29, 1.82) is 0 Å². The van der Waals surface area contributed by atoms with Gasteiger partial charge in [0.2, 0.25) is 5.91 Å². The standard InChI is InChI=1S/C23H29N3O5/c1-6-11-26-17-9-7-15(12-19(17)31-14-23(2,3)21(26)27)24-22(28)25-16-8-10-18(29-4)20(13-16)30-5/h7-10,12-13H,6,11,14H2,1-5H3,(H2,24,25,28). The minimum absolute atomic E-state index is 0.0278. The number of fused-ring (bicyclic) bond motifs is 1. The number of carbonyl (C=O) groups is 2. The minimum Gasteiger partial charge on any atom is -0.493 e. The van der Waals surface area contributed by atoms with E-state index in [1.165, 1.54) is 7.11 Å². The van der Waals surface area contributed by atoms with E-state index in [0.717, 1.165) is 6.42 Å².